The SMILES string of the molecule is CCNC(=O)c1ccc(N2CCCCO2)c(N)c1. The summed E-state index contributed by atoms with van der Waals surface area (Å²) in [4.78, 5) is 17.2. The molecule has 1 aliphatic heterocycles. The van der Waals surface area contributed by atoms with Gasteiger partial charge in [0.2, 0.25) is 0 Å². The number of anilines is 2. The van der Waals surface area contributed by atoms with Crippen molar-refractivity contribution in [1.29, 1.82) is 0 Å². The number of carbonyl (C=O) groups excluding carboxylic acids is 1. The van der Waals surface area contributed by atoms with E-state index >= 15 is 0 Å². The van der Waals surface area contributed by atoms with E-state index in [1.54, 1.807) is 17.2 Å². The van der Waals surface area contributed by atoms with Crippen molar-refractivity contribution in [3.05, 3.63) is 23.8 Å². The minimum Gasteiger partial charge on any atom is -0.397 e. The summed E-state index contributed by atoms with van der Waals surface area (Å²) >= 11 is 0. The molecule has 0 atom stereocenters. The van der Waals surface area contributed by atoms with Crippen LogP contribution in [0.3, 0.4) is 0 Å². The molecule has 1 fully saturated rings. The van der Waals surface area contributed by atoms with Crippen LogP contribution >= 0.6 is 0 Å². The number of nitrogen functional groups attached to an aromatic ring is 1. The van der Waals surface area contributed by atoms with Gasteiger partial charge in [-0.3, -0.25) is 14.7 Å². The first-order chi connectivity index (χ1) is 8.72. The van der Waals surface area contributed by atoms with E-state index in [2.05, 4.69) is 5.32 Å². The van der Waals surface area contributed by atoms with E-state index in [1.165, 1.54) is 0 Å². The minimum atomic E-state index is -0.102. The largest absolute Gasteiger partial charge is 0.397 e. The molecule has 0 radical (unpaired) electrons. The van der Waals surface area contributed by atoms with Gasteiger partial charge in [-0.1, -0.05) is 0 Å². The lowest BCUT2D eigenvalue weighted by atomic mass is 10.1. The molecule has 0 aliphatic carbocycles. The predicted octanol–water partition coefficient (Wildman–Crippen LogP) is 1.55. The average molecular weight is 249 g/mol. The number of nitrogens with zero attached hydrogens (tertiary/aromatic N) is 1. The van der Waals surface area contributed by atoms with Crippen molar-refractivity contribution in [3.63, 3.8) is 0 Å². The highest BCUT2D eigenvalue weighted by atomic mass is 16.7. The standard InChI is InChI=1S/C13H19N3O2/c1-2-15-13(17)10-5-6-12(11(14)9-10)16-7-3-4-8-18-16/h5-6,9H,2-4,7-8,14H2,1H3,(H,15,17). The van der Waals surface area contributed by atoms with E-state index in [4.69, 9.17) is 10.6 Å². The fraction of sp³-hybridized carbons (Fsp3) is 0.462. The summed E-state index contributed by atoms with van der Waals surface area (Å²) in [6.07, 6.45) is 2.17. The molecule has 1 saturated heterocycles. The molecule has 1 aliphatic rings. The molecule has 18 heavy (non-hydrogen) atoms. The van der Waals surface area contributed by atoms with Crippen LogP contribution in [0.15, 0.2) is 18.2 Å². The molecule has 3 N–H and O–H groups in total. The minimum absolute atomic E-state index is 0.102. The molecule has 0 bridgehead atoms. The highest BCUT2D eigenvalue weighted by molar-refractivity contribution is 5.96. The molecule has 98 valence electrons. The van der Waals surface area contributed by atoms with Crippen LogP contribution in [0.2, 0.25) is 0 Å². The highest BCUT2D eigenvalue weighted by Gasteiger charge is 2.15. The second kappa shape index (κ2) is 5.73. The van der Waals surface area contributed by atoms with Gasteiger partial charge in [0.25, 0.3) is 5.91 Å². The van der Waals surface area contributed by atoms with Crippen LogP contribution in [-0.2, 0) is 4.84 Å². The molecule has 1 aromatic carbocycles. The second-order valence-corrected chi connectivity index (χ2v) is 4.28. The Bertz CT molecular complexity index is 428. The Morgan fingerprint density at radius 1 is 1.50 bits per heavy atom. The van der Waals surface area contributed by atoms with Gasteiger partial charge >= 0.3 is 0 Å². The molecule has 5 heteroatoms. The summed E-state index contributed by atoms with van der Waals surface area (Å²) in [6, 6.07) is 5.30. The molecule has 0 spiro atoms. The maximum absolute atomic E-state index is 11.7. The number of carbonyl (C=O) groups is 1. The van der Waals surface area contributed by atoms with Gasteiger partial charge in [-0.05, 0) is 38.0 Å². The summed E-state index contributed by atoms with van der Waals surface area (Å²) < 4.78 is 0. The maximum atomic E-state index is 11.7. The van der Waals surface area contributed by atoms with Gasteiger partial charge < -0.3 is 11.1 Å². The Kier molecular flexibility index (Phi) is 4.04. The van der Waals surface area contributed by atoms with Crippen molar-refractivity contribution >= 4 is 17.3 Å². The lowest BCUT2D eigenvalue weighted by Crippen LogP contribution is -2.30. The van der Waals surface area contributed by atoms with Crippen LogP contribution in [0.5, 0.6) is 0 Å². The van der Waals surface area contributed by atoms with E-state index in [0.29, 0.717) is 17.8 Å². The van der Waals surface area contributed by atoms with Gasteiger partial charge in [-0.15, -0.1) is 0 Å². The van der Waals surface area contributed by atoms with Gasteiger partial charge in [-0.2, -0.15) is 0 Å². The van der Waals surface area contributed by atoms with Gasteiger partial charge in [-0.25, -0.2) is 0 Å². The third-order valence-corrected chi connectivity index (χ3v) is 2.90. The Hall–Kier alpha value is -1.75. The Labute approximate surface area is 107 Å². The Morgan fingerprint density at radius 2 is 2.33 bits per heavy atom. The van der Waals surface area contributed by atoms with Crippen LogP contribution in [0.25, 0.3) is 0 Å². The summed E-state index contributed by atoms with van der Waals surface area (Å²) in [7, 11) is 0. The molecular formula is C13H19N3O2. The third kappa shape index (κ3) is 2.73. The monoisotopic (exact) mass is 249 g/mol. The number of rotatable bonds is 3. The van der Waals surface area contributed by atoms with Gasteiger partial charge in [0.1, 0.15) is 0 Å². The van der Waals surface area contributed by atoms with Gasteiger partial charge in [0.15, 0.2) is 0 Å². The number of hydrogen-bond donors (Lipinski definition) is 2. The molecular weight excluding hydrogens is 230 g/mol. The zero-order chi connectivity index (χ0) is 13.0. The van der Waals surface area contributed by atoms with Crippen LogP contribution in [0.1, 0.15) is 30.1 Å². The molecule has 1 aromatic rings. The summed E-state index contributed by atoms with van der Waals surface area (Å²) in [5, 5.41) is 4.55. The number of benzene rings is 1. The quantitative estimate of drug-likeness (QED) is 0.798. The molecule has 2 rings (SSSR count). The zero-order valence-corrected chi connectivity index (χ0v) is 10.6. The topological polar surface area (TPSA) is 67.6 Å². The fourth-order valence-electron chi connectivity index (χ4n) is 1.97. The Balaban J connectivity index is 2.16. The number of nitrogens with one attached hydrogen (secondary N) is 1. The first-order valence-corrected chi connectivity index (χ1v) is 6.30. The number of amides is 1. The average Bonchev–Trinajstić information content (AvgIpc) is 2.40. The van der Waals surface area contributed by atoms with E-state index in [9.17, 15) is 4.79 Å². The summed E-state index contributed by atoms with van der Waals surface area (Å²) in [6.45, 7) is 4.05. The molecule has 0 unspecified atom stereocenters. The van der Waals surface area contributed by atoms with Crippen molar-refractivity contribution in [2.24, 2.45) is 0 Å². The van der Waals surface area contributed by atoms with Crippen LogP contribution < -0.4 is 16.1 Å². The van der Waals surface area contributed by atoms with E-state index in [1.807, 2.05) is 13.0 Å². The summed E-state index contributed by atoms with van der Waals surface area (Å²) in [5.41, 5.74) is 7.97. The molecule has 1 amide bonds. The van der Waals surface area contributed by atoms with E-state index < -0.39 is 0 Å². The lowest BCUT2D eigenvalue weighted by Gasteiger charge is -2.28. The number of hydrogen-bond acceptors (Lipinski definition) is 4. The van der Waals surface area contributed by atoms with Crippen molar-refractivity contribution < 1.29 is 9.63 Å². The van der Waals surface area contributed by atoms with Crippen molar-refractivity contribution in [2.45, 2.75) is 19.8 Å². The maximum Gasteiger partial charge on any atom is 0.251 e. The first-order valence-electron chi connectivity index (χ1n) is 6.30. The molecule has 5 nitrogen and oxygen atoms in total. The van der Waals surface area contributed by atoms with Crippen LogP contribution in [0, 0.1) is 0 Å². The van der Waals surface area contributed by atoms with Crippen molar-refractivity contribution in [1.82, 2.24) is 5.32 Å². The normalized spacial score (nSPS) is 15.5. The first kappa shape index (κ1) is 12.7. The highest BCUT2D eigenvalue weighted by Crippen LogP contribution is 2.26. The zero-order valence-electron chi connectivity index (χ0n) is 10.6. The van der Waals surface area contributed by atoms with Gasteiger partial charge in [0, 0.05) is 18.7 Å². The molecule has 0 aromatic heterocycles. The fourth-order valence-corrected chi connectivity index (χ4v) is 1.97. The lowest BCUT2D eigenvalue weighted by molar-refractivity contribution is 0.0781. The van der Waals surface area contributed by atoms with Crippen LogP contribution in [-0.4, -0.2) is 25.6 Å². The molecule has 1 heterocycles. The predicted molar refractivity (Wildman–Crippen MR) is 71.4 cm³/mol. The van der Waals surface area contributed by atoms with Crippen LogP contribution in [0.4, 0.5) is 11.4 Å². The second-order valence-electron chi connectivity index (χ2n) is 4.28. The van der Waals surface area contributed by atoms with Gasteiger partial charge in [0.05, 0.1) is 18.0 Å². The van der Waals surface area contributed by atoms with E-state index in [0.717, 1.165) is 31.7 Å². The summed E-state index contributed by atoms with van der Waals surface area (Å²) in [5.74, 6) is -0.102. The molecule has 0 saturated carbocycles. The van der Waals surface area contributed by atoms with E-state index in [-0.39, 0.29) is 5.91 Å². The third-order valence-electron chi connectivity index (χ3n) is 2.90. The smallest absolute Gasteiger partial charge is 0.251 e. The number of nitrogens with two attached hydrogens (primary N) is 1. The Morgan fingerprint density at radius 3 is 2.94 bits per heavy atom. The van der Waals surface area contributed by atoms with Crippen molar-refractivity contribution in [3.8, 4) is 0 Å². The number of hydroxylamine groups is 1. The van der Waals surface area contributed by atoms with Crippen molar-refractivity contribution in [2.75, 3.05) is 30.5 Å².